The Morgan fingerprint density at radius 2 is 1.77 bits per heavy atom. The van der Waals surface area contributed by atoms with E-state index < -0.39 is 11.8 Å². The van der Waals surface area contributed by atoms with Crippen LogP contribution >= 0.6 is 15.9 Å². The fraction of sp³-hybridized carbons (Fsp3) is 0.192. The quantitative estimate of drug-likeness (QED) is 0.231. The molecule has 0 saturated carbocycles. The highest BCUT2D eigenvalue weighted by Gasteiger charge is 2.15. The number of amides is 2. The largest absolute Gasteiger partial charge is 0.490 e. The molecule has 0 aromatic heterocycles. The van der Waals surface area contributed by atoms with Crippen LogP contribution in [0.3, 0.4) is 0 Å². The molecule has 9 heteroatoms. The highest BCUT2D eigenvalue weighted by molar-refractivity contribution is 9.10. The highest BCUT2D eigenvalue weighted by atomic mass is 79.9. The molecule has 0 bridgehead atoms. The van der Waals surface area contributed by atoms with Gasteiger partial charge < -0.3 is 14.8 Å². The molecule has 0 heterocycles. The lowest BCUT2D eigenvalue weighted by atomic mass is 10.1. The lowest BCUT2D eigenvalue weighted by Gasteiger charge is -2.14. The summed E-state index contributed by atoms with van der Waals surface area (Å²) >= 11 is 3.47. The van der Waals surface area contributed by atoms with E-state index in [-0.39, 0.29) is 12.4 Å². The molecule has 0 aliphatic heterocycles. The lowest BCUT2D eigenvalue weighted by molar-refractivity contribution is -0.136. The summed E-state index contributed by atoms with van der Waals surface area (Å²) in [5.41, 5.74) is 5.99. The summed E-state index contributed by atoms with van der Waals surface area (Å²) in [5.74, 6) is -1.10. The fourth-order valence-electron chi connectivity index (χ4n) is 3.07. The normalized spacial score (nSPS) is 10.8. The molecule has 0 aliphatic rings. The Morgan fingerprint density at radius 3 is 2.49 bits per heavy atom. The second-order valence-electron chi connectivity index (χ2n) is 7.65. The minimum absolute atomic E-state index is 0.220. The summed E-state index contributed by atoms with van der Waals surface area (Å²) in [6, 6.07) is 15.0. The van der Waals surface area contributed by atoms with Gasteiger partial charge in [-0.3, -0.25) is 9.59 Å². The molecule has 35 heavy (non-hydrogen) atoms. The van der Waals surface area contributed by atoms with Crippen molar-refractivity contribution in [2.45, 2.75) is 27.4 Å². The fourth-order valence-corrected chi connectivity index (χ4v) is 3.64. The van der Waals surface area contributed by atoms with E-state index in [1.807, 2.05) is 32.9 Å². The number of nitrogens with one attached hydrogen (secondary N) is 2. The molecule has 3 rings (SSSR count). The summed E-state index contributed by atoms with van der Waals surface area (Å²) in [7, 11) is 0. The number of hydrogen-bond acceptors (Lipinski definition) is 5. The Labute approximate surface area is 211 Å². The first-order valence-electron chi connectivity index (χ1n) is 10.8. The molecular formula is C26H25BrFN3O4. The number of hydrogen-bond donors (Lipinski definition) is 2. The smallest absolute Gasteiger partial charge is 0.329 e. The van der Waals surface area contributed by atoms with Crippen molar-refractivity contribution in [3.05, 3.63) is 87.1 Å². The average molecular weight is 542 g/mol. The number of carbonyl (C=O) groups excluding carboxylic acids is 2. The van der Waals surface area contributed by atoms with Gasteiger partial charge in [-0.15, -0.1) is 0 Å². The van der Waals surface area contributed by atoms with E-state index in [0.717, 1.165) is 16.7 Å². The van der Waals surface area contributed by atoms with Gasteiger partial charge in [-0.1, -0.05) is 24.3 Å². The number of rotatable bonds is 8. The van der Waals surface area contributed by atoms with E-state index in [4.69, 9.17) is 9.47 Å². The predicted octanol–water partition coefficient (Wildman–Crippen LogP) is 5.27. The van der Waals surface area contributed by atoms with E-state index in [1.54, 1.807) is 30.3 Å². The highest BCUT2D eigenvalue weighted by Crippen LogP contribution is 2.37. The number of anilines is 1. The van der Waals surface area contributed by atoms with Crippen LogP contribution in [0.2, 0.25) is 0 Å². The molecule has 2 N–H and O–H groups in total. The van der Waals surface area contributed by atoms with Gasteiger partial charge >= 0.3 is 11.8 Å². The van der Waals surface area contributed by atoms with E-state index in [2.05, 4.69) is 31.8 Å². The van der Waals surface area contributed by atoms with Crippen LogP contribution in [0.5, 0.6) is 11.5 Å². The van der Waals surface area contributed by atoms with Gasteiger partial charge in [0.25, 0.3) is 0 Å². The molecule has 0 saturated heterocycles. The minimum Gasteiger partial charge on any atom is -0.490 e. The summed E-state index contributed by atoms with van der Waals surface area (Å²) in [6.07, 6.45) is 1.39. The van der Waals surface area contributed by atoms with Gasteiger partial charge in [0, 0.05) is 5.69 Å². The zero-order chi connectivity index (χ0) is 25.4. The summed E-state index contributed by atoms with van der Waals surface area (Å²) in [6.45, 7) is 6.19. The van der Waals surface area contributed by atoms with Crippen molar-refractivity contribution in [1.82, 2.24) is 5.43 Å². The van der Waals surface area contributed by atoms with Crippen LogP contribution < -0.4 is 20.2 Å². The molecule has 2 amide bonds. The number of halogens is 2. The third-order valence-corrected chi connectivity index (χ3v) is 5.44. The van der Waals surface area contributed by atoms with Crippen molar-refractivity contribution in [2.24, 2.45) is 5.10 Å². The van der Waals surface area contributed by atoms with Crippen molar-refractivity contribution in [3.8, 4) is 11.5 Å². The van der Waals surface area contributed by atoms with Gasteiger partial charge in [-0.05, 0) is 89.3 Å². The molecule has 0 atom stereocenters. The Hall–Kier alpha value is -3.72. The predicted molar refractivity (Wildman–Crippen MR) is 136 cm³/mol. The third-order valence-electron chi connectivity index (χ3n) is 4.86. The number of nitrogens with zero attached hydrogens (tertiary/aromatic N) is 1. The van der Waals surface area contributed by atoms with Crippen LogP contribution in [0.1, 0.15) is 29.2 Å². The van der Waals surface area contributed by atoms with E-state index in [0.29, 0.717) is 33.8 Å². The first kappa shape index (κ1) is 25.9. The van der Waals surface area contributed by atoms with Gasteiger partial charge in [-0.25, -0.2) is 9.82 Å². The van der Waals surface area contributed by atoms with E-state index in [9.17, 15) is 14.0 Å². The van der Waals surface area contributed by atoms with Gasteiger partial charge in [0.2, 0.25) is 0 Å². The minimum atomic E-state index is -0.898. The monoisotopic (exact) mass is 541 g/mol. The number of aryl methyl sites for hydroxylation is 2. The Kier molecular flexibility index (Phi) is 8.97. The molecule has 0 aliphatic carbocycles. The number of hydrazone groups is 1. The van der Waals surface area contributed by atoms with Gasteiger partial charge in [0.1, 0.15) is 12.4 Å². The first-order valence-corrected chi connectivity index (χ1v) is 11.6. The standard InChI is InChI=1S/C26H25BrFN3O4/c1-4-34-23-13-19(12-21(27)24(23)35-15-18-7-9-20(28)10-8-18)14-29-31-26(33)25(32)30-22-11-16(2)5-6-17(22)3/h5-14H,4,15H2,1-3H3,(H,30,32)(H,31,33). The Morgan fingerprint density at radius 1 is 1.03 bits per heavy atom. The molecule has 182 valence electrons. The van der Waals surface area contributed by atoms with Gasteiger partial charge in [-0.2, -0.15) is 5.10 Å². The Bertz CT molecular complexity index is 1250. The maximum atomic E-state index is 13.1. The SMILES string of the molecule is CCOc1cc(C=NNC(=O)C(=O)Nc2cc(C)ccc2C)cc(Br)c1OCc1ccc(F)cc1. The first-order chi connectivity index (χ1) is 16.8. The van der Waals surface area contributed by atoms with E-state index >= 15 is 0 Å². The number of benzene rings is 3. The van der Waals surface area contributed by atoms with Gasteiger partial charge in [0.15, 0.2) is 11.5 Å². The van der Waals surface area contributed by atoms with Gasteiger partial charge in [0.05, 0.1) is 17.3 Å². The molecule has 3 aromatic rings. The third kappa shape index (κ3) is 7.38. The van der Waals surface area contributed by atoms with E-state index in [1.165, 1.54) is 18.3 Å². The van der Waals surface area contributed by atoms with Crippen LogP contribution in [0.15, 0.2) is 64.2 Å². The second kappa shape index (κ2) is 12.1. The molecule has 3 aromatic carbocycles. The summed E-state index contributed by atoms with van der Waals surface area (Å²) in [5, 5.41) is 6.46. The molecule has 7 nitrogen and oxygen atoms in total. The van der Waals surface area contributed by atoms with Crippen molar-refractivity contribution < 1.29 is 23.5 Å². The number of ether oxygens (including phenoxy) is 2. The molecular weight excluding hydrogens is 517 g/mol. The molecule has 0 spiro atoms. The zero-order valence-corrected chi connectivity index (χ0v) is 21.1. The van der Waals surface area contributed by atoms with Crippen LogP contribution in [0.4, 0.5) is 10.1 Å². The lowest BCUT2D eigenvalue weighted by Crippen LogP contribution is -2.32. The summed E-state index contributed by atoms with van der Waals surface area (Å²) < 4.78 is 25.3. The molecule has 0 radical (unpaired) electrons. The van der Waals surface area contributed by atoms with Crippen LogP contribution in [-0.2, 0) is 16.2 Å². The number of carbonyl (C=O) groups is 2. The topological polar surface area (TPSA) is 89.0 Å². The summed E-state index contributed by atoms with van der Waals surface area (Å²) in [4.78, 5) is 24.4. The van der Waals surface area contributed by atoms with Crippen LogP contribution in [0, 0.1) is 19.7 Å². The Balaban J connectivity index is 1.66. The van der Waals surface area contributed by atoms with Crippen molar-refractivity contribution in [3.63, 3.8) is 0 Å². The molecule has 0 unspecified atom stereocenters. The zero-order valence-electron chi connectivity index (χ0n) is 19.5. The average Bonchev–Trinajstić information content (AvgIpc) is 2.82. The maximum absolute atomic E-state index is 13.1. The molecule has 0 fully saturated rings. The van der Waals surface area contributed by atoms with Crippen molar-refractivity contribution in [1.29, 1.82) is 0 Å². The van der Waals surface area contributed by atoms with Crippen molar-refractivity contribution >= 4 is 39.6 Å². The van der Waals surface area contributed by atoms with Crippen LogP contribution in [-0.4, -0.2) is 24.6 Å². The van der Waals surface area contributed by atoms with Crippen molar-refractivity contribution in [2.75, 3.05) is 11.9 Å². The second-order valence-corrected chi connectivity index (χ2v) is 8.50. The van der Waals surface area contributed by atoms with Crippen LogP contribution in [0.25, 0.3) is 0 Å². The maximum Gasteiger partial charge on any atom is 0.329 e.